The van der Waals surface area contributed by atoms with E-state index in [1.54, 1.807) is 38.1 Å². The highest BCUT2D eigenvalue weighted by atomic mass is 32.1. The summed E-state index contributed by atoms with van der Waals surface area (Å²) in [5.41, 5.74) is 2.20. The van der Waals surface area contributed by atoms with Crippen molar-refractivity contribution < 1.29 is 19.1 Å². The number of benzene rings is 1. The van der Waals surface area contributed by atoms with Gasteiger partial charge in [-0.3, -0.25) is 14.5 Å². The number of furan rings is 1. The van der Waals surface area contributed by atoms with Crippen LogP contribution in [0, 0.1) is 27.7 Å². The summed E-state index contributed by atoms with van der Waals surface area (Å²) < 4.78 is 5.79. The Labute approximate surface area is 172 Å². The number of amides is 1. The minimum absolute atomic E-state index is 0.0108. The number of nitrogens with zero attached hydrogens (tertiary/aromatic N) is 2. The van der Waals surface area contributed by atoms with Crippen LogP contribution in [0.1, 0.15) is 43.5 Å². The van der Waals surface area contributed by atoms with Gasteiger partial charge in [-0.25, -0.2) is 4.98 Å². The maximum absolute atomic E-state index is 13.4. The van der Waals surface area contributed by atoms with E-state index in [1.807, 2.05) is 26.0 Å². The number of carbonyl (C=O) groups is 2. The molecular weight excluding hydrogens is 388 g/mol. The number of aliphatic hydroxyl groups is 1. The molecule has 7 heteroatoms. The molecule has 1 aromatic carbocycles. The first-order chi connectivity index (χ1) is 13.8. The zero-order chi connectivity index (χ0) is 20.9. The topological polar surface area (TPSA) is 83.6 Å². The molecule has 3 aromatic rings. The molecule has 1 aliphatic heterocycles. The molecular formula is C22H20N2O4S. The first kappa shape index (κ1) is 19.1. The number of carbonyl (C=O) groups excluding carboxylic acids is 2. The lowest BCUT2D eigenvalue weighted by atomic mass is 9.99. The van der Waals surface area contributed by atoms with E-state index in [4.69, 9.17) is 4.42 Å². The van der Waals surface area contributed by atoms with E-state index in [-0.39, 0.29) is 5.57 Å². The predicted molar refractivity (Wildman–Crippen MR) is 110 cm³/mol. The minimum Gasteiger partial charge on any atom is -0.503 e. The summed E-state index contributed by atoms with van der Waals surface area (Å²) in [5.74, 6) is -0.523. The molecule has 148 valence electrons. The molecule has 6 nitrogen and oxygen atoms in total. The molecule has 0 spiro atoms. The number of rotatable bonds is 4. The molecule has 0 aliphatic carbocycles. The fourth-order valence-electron chi connectivity index (χ4n) is 3.54. The van der Waals surface area contributed by atoms with Crippen LogP contribution in [0.2, 0.25) is 0 Å². The fourth-order valence-corrected chi connectivity index (χ4v) is 4.42. The van der Waals surface area contributed by atoms with Crippen LogP contribution in [0.4, 0.5) is 5.69 Å². The Morgan fingerprint density at radius 1 is 1.10 bits per heavy atom. The molecule has 1 atom stereocenters. The molecule has 2 aromatic heterocycles. The van der Waals surface area contributed by atoms with E-state index in [1.165, 1.54) is 16.2 Å². The number of hydrogen-bond donors (Lipinski definition) is 1. The molecule has 1 N–H and O–H groups in total. The lowest BCUT2D eigenvalue weighted by molar-refractivity contribution is -0.117. The maximum Gasteiger partial charge on any atom is 0.294 e. The Hall–Kier alpha value is -3.19. The quantitative estimate of drug-likeness (QED) is 0.630. The van der Waals surface area contributed by atoms with E-state index in [0.717, 1.165) is 10.6 Å². The van der Waals surface area contributed by atoms with Crippen molar-refractivity contribution in [3.63, 3.8) is 0 Å². The summed E-state index contributed by atoms with van der Waals surface area (Å²) in [6, 6.07) is 9.98. The summed E-state index contributed by atoms with van der Waals surface area (Å²) in [5, 5.41) is 11.5. The van der Waals surface area contributed by atoms with Crippen molar-refractivity contribution in [3.05, 3.63) is 80.4 Å². The fraction of sp³-hybridized carbons (Fsp3) is 0.227. The highest BCUT2D eigenvalue weighted by Crippen LogP contribution is 2.43. The third kappa shape index (κ3) is 3.17. The van der Waals surface area contributed by atoms with Crippen LogP contribution < -0.4 is 4.90 Å². The molecule has 0 bridgehead atoms. The van der Waals surface area contributed by atoms with Gasteiger partial charge in [0.25, 0.3) is 5.91 Å². The first-order valence-corrected chi connectivity index (χ1v) is 9.98. The van der Waals surface area contributed by atoms with Gasteiger partial charge in [0.2, 0.25) is 5.78 Å². The van der Waals surface area contributed by atoms with Crippen LogP contribution in [-0.4, -0.2) is 21.8 Å². The third-order valence-corrected chi connectivity index (χ3v) is 5.98. The van der Waals surface area contributed by atoms with Crippen LogP contribution in [0.25, 0.3) is 0 Å². The number of aromatic nitrogens is 1. The molecule has 0 fully saturated rings. The lowest BCUT2D eigenvalue weighted by Crippen LogP contribution is -2.30. The number of anilines is 1. The molecule has 29 heavy (non-hydrogen) atoms. The second-order valence-electron chi connectivity index (χ2n) is 7.10. The van der Waals surface area contributed by atoms with E-state index in [2.05, 4.69) is 4.98 Å². The Morgan fingerprint density at radius 2 is 1.79 bits per heavy atom. The van der Waals surface area contributed by atoms with Crippen LogP contribution in [0.15, 0.2) is 52.1 Å². The van der Waals surface area contributed by atoms with E-state index in [9.17, 15) is 14.7 Å². The lowest BCUT2D eigenvalue weighted by Gasteiger charge is -2.25. The standard InChI is InChI=1S/C22H20N2O4S/c1-11-5-8-15(9-6-11)24-18(16-10-7-12(2)28-16)17(20(26)22(24)27)19(25)21-13(3)23-14(4)29-21/h5-10,18,26H,1-4H3. The number of aliphatic hydroxyl groups excluding tert-OH is 1. The number of thiazole rings is 1. The SMILES string of the molecule is Cc1ccc(N2C(=O)C(O)=C(C(=O)c3sc(C)nc3C)C2c2ccc(C)o2)cc1. The summed E-state index contributed by atoms with van der Waals surface area (Å²) in [7, 11) is 0. The number of Topliss-reactive ketones (excluding diaryl/α,β-unsaturated/α-hetero) is 1. The smallest absolute Gasteiger partial charge is 0.294 e. The number of hydrogen-bond acceptors (Lipinski definition) is 6. The Kier molecular flexibility index (Phi) is 4.62. The van der Waals surface area contributed by atoms with Crippen molar-refractivity contribution in [3.8, 4) is 0 Å². The Morgan fingerprint density at radius 3 is 2.34 bits per heavy atom. The van der Waals surface area contributed by atoms with Gasteiger partial charge in [-0.1, -0.05) is 17.7 Å². The van der Waals surface area contributed by atoms with Crippen molar-refractivity contribution >= 4 is 28.7 Å². The second-order valence-corrected chi connectivity index (χ2v) is 8.30. The minimum atomic E-state index is -0.854. The molecule has 0 saturated heterocycles. The summed E-state index contributed by atoms with van der Waals surface area (Å²) >= 11 is 1.25. The third-order valence-electron chi connectivity index (χ3n) is 4.91. The van der Waals surface area contributed by atoms with Crippen LogP contribution >= 0.6 is 11.3 Å². The highest BCUT2D eigenvalue weighted by Gasteiger charge is 2.46. The van der Waals surface area contributed by atoms with Gasteiger partial charge in [0.15, 0.2) is 5.76 Å². The maximum atomic E-state index is 13.4. The molecule has 3 heterocycles. The largest absolute Gasteiger partial charge is 0.503 e. The Balaban J connectivity index is 1.88. The van der Waals surface area contributed by atoms with Gasteiger partial charge in [-0.05, 0) is 52.0 Å². The zero-order valence-electron chi connectivity index (χ0n) is 16.5. The van der Waals surface area contributed by atoms with Crippen LogP contribution in [0.3, 0.4) is 0 Å². The van der Waals surface area contributed by atoms with Gasteiger partial charge in [-0.2, -0.15) is 0 Å². The normalized spacial score (nSPS) is 16.8. The molecule has 1 unspecified atom stereocenters. The van der Waals surface area contributed by atoms with Gasteiger partial charge in [0.05, 0.1) is 21.2 Å². The number of ketones is 1. The van der Waals surface area contributed by atoms with E-state index < -0.39 is 23.5 Å². The van der Waals surface area contributed by atoms with Gasteiger partial charge in [-0.15, -0.1) is 11.3 Å². The van der Waals surface area contributed by atoms with Gasteiger partial charge in [0.1, 0.15) is 17.6 Å². The molecule has 1 aliphatic rings. The number of aryl methyl sites for hydroxylation is 4. The van der Waals surface area contributed by atoms with Gasteiger partial charge >= 0.3 is 0 Å². The van der Waals surface area contributed by atoms with Crippen molar-refractivity contribution in [2.45, 2.75) is 33.7 Å². The highest BCUT2D eigenvalue weighted by molar-refractivity contribution is 7.14. The van der Waals surface area contributed by atoms with Crippen molar-refractivity contribution in [2.24, 2.45) is 0 Å². The molecule has 0 saturated carbocycles. The predicted octanol–water partition coefficient (Wildman–Crippen LogP) is 4.75. The average Bonchev–Trinajstić information content (AvgIpc) is 3.32. The van der Waals surface area contributed by atoms with Crippen molar-refractivity contribution in [1.82, 2.24) is 4.98 Å². The zero-order valence-corrected chi connectivity index (χ0v) is 17.3. The van der Waals surface area contributed by atoms with Gasteiger partial charge in [0, 0.05) is 5.69 Å². The average molecular weight is 408 g/mol. The van der Waals surface area contributed by atoms with Crippen molar-refractivity contribution in [1.29, 1.82) is 0 Å². The van der Waals surface area contributed by atoms with Gasteiger partial charge < -0.3 is 9.52 Å². The van der Waals surface area contributed by atoms with Crippen LogP contribution in [-0.2, 0) is 4.79 Å². The van der Waals surface area contributed by atoms with Crippen LogP contribution in [0.5, 0.6) is 0 Å². The summed E-state index contributed by atoms with van der Waals surface area (Å²) in [6.07, 6.45) is 0. The summed E-state index contributed by atoms with van der Waals surface area (Å²) in [4.78, 5) is 32.5. The monoisotopic (exact) mass is 408 g/mol. The van der Waals surface area contributed by atoms with E-state index >= 15 is 0 Å². The molecule has 1 amide bonds. The Bertz CT molecular complexity index is 1150. The summed E-state index contributed by atoms with van der Waals surface area (Å²) in [6.45, 7) is 7.30. The second kappa shape index (κ2) is 7.00. The molecule has 4 rings (SSSR count). The van der Waals surface area contributed by atoms with E-state index in [0.29, 0.717) is 27.8 Å². The van der Waals surface area contributed by atoms with Crippen molar-refractivity contribution in [2.75, 3.05) is 4.90 Å². The molecule has 0 radical (unpaired) electrons. The first-order valence-electron chi connectivity index (χ1n) is 9.16.